The second kappa shape index (κ2) is 7.47. The van der Waals surface area contributed by atoms with Crippen LogP contribution in [0.15, 0.2) is 58.5 Å². The summed E-state index contributed by atoms with van der Waals surface area (Å²) in [6.07, 6.45) is 0.479. The van der Waals surface area contributed by atoms with Crippen LogP contribution in [0.4, 0.5) is 4.39 Å². The molecule has 1 aliphatic rings. The van der Waals surface area contributed by atoms with Gasteiger partial charge in [-0.05, 0) is 42.3 Å². The molecule has 9 heteroatoms. The molecule has 0 saturated carbocycles. The topological polar surface area (TPSA) is 79.6 Å². The van der Waals surface area contributed by atoms with Crippen LogP contribution in [0.25, 0.3) is 10.9 Å². The molecule has 1 unspecified atom stereocenters. The summed E-state index contributed by atoms with van der Waals surface area (Å²) < 4.78 is 42.3. The first-order chi connectivity index (χ1) is 13.8. The van der Waals surface area contributed by atoms with E-state index in [0.29, 0.717) is 12.2 Å². The van der Waals surface area contributed by atoms with Gasteiger partial charge in [0.2, 0.25) is 10.0 Å². The summed E-state index contributed by atoms with van der Waals surface area (Å²) in [6.45, 7) is -0.142. The average molecular weight is 435 g/mol. The Morgan fingerprint density at radius 3 is 2.62 bits per heavy atom. The zero-order valence-corrected chi connectivity index (χ0v) is 17.2. The highest BCUT2D eigenvalue weighted by atomic mass is 32.2. The number of nitrogens with zero attached hydrogens (tertiary/aromatic N) is 2. The van der Waals surface area contributed by atoms with Crippen LogP contribution < -0.4 is 0 Å². The van der Waals surface area contributed by atoms with E-state index in [0.717, 1.165) is 33.6 Å². The summed E-state index contributed by atoms with van der Waals surface area (Å²) in [5.41, 5.74) is 1.79. The Balaban J connectivity index is 1.70. The number of aromatic nitrogens is 1. The number of hydrogen-bond donors (Lipinski definition) is 1. The normalized spacial score (nSPS) is 16.9. The molecule has 0 fully saturated rings. The zero-order valence-electron chi connectivity index (χ0n) is 15.6. The van der Waals surface area contributed by atoms with Crippen molar-refractivity contribution < 1.29 is 22.7 Å². The Labute approximate surface area is 172 Å². The second-order valence-electron chi connectivity index (χ2n) is 6.92. The first-order valence-electron chi connectivity index (χ1n) is 8.97. The van der Waals surface area contributed by atoms with E-state index in [9.17, 15) is 22.7 Å². The van der Waals surface area contributed by atoms with Crippen molar-refractivity contribution in [3.63, 3.8) is 0 Å². The van der Waals surface area contributed by atoms with Crippen LogP contribution in [0, 0.1) is 5.82 Å². The molecule has 2 aromatic carbocycles. The summed E-state index contributed by atoms with van der Waals surface area (Å²) in [5, 5.41) is 11.1. The van der Waals surface area contributed by atoms with E-state index in [-0.39, 0.29) is 17.5 Å². The molecule has 6 nitrogen and oxygen atoms in total. The maximum atomic E-state index is 13.2. The molecule has 3 aromatic rings. The lowest BCUT2D eigenvalue weighted by Crippen LogP contribution is -2.41. The summed E-state index contributed by atoms with van der Waals surface area (Å²) in [7, 11) is -2.24. The average Bonchev–Trinajstić information content (AvgIpc) is 3.00. The third kappa shape index (κ3) is 3.54. The van der Waals surface area contributed by atoms with E-state index in [4.69, 9.17) is 0 Å². The number of aliphatic carboxylic acids is 1. The second-order valence-corrected chi connectivity index (χ2v) is 9.93. The van der Waals surface area contributed by atoms with Gasteiger partial charge in [0.15, 0.2) is 0 Å². The van der Waals surface area contributed by atoms with Gasteiger partial charge in [-0.15, -0.1) is 11.8 Å². The smallest absolute Gasteiger partial charge is 0.323 e. The SMILES string of the molecule is CN(C1CSc2c(c3ccccc3n2CC(=O)O)C1)S(=O)(=O)c1ccc(F)cc1. The van der Waals surface area contributed by atoms with Crippen molar-refractivity contribution in [3.8, 4) is 0 Å². The fraction of sp³-hybridized carbons (Fsp3) is 0.250. The van der Waals surface area contributed by atoms with Gasteiger partial charge in [-0.1, -0.05) is 18.2 Å². The van der Waals surface area contributed by atoms with Crippen LogP contribution in [0.1, 0.15) is 5.56 Å². The molecule has 0 saturated heterocycles. The van der Waals surface area contributed by atoms with Crippen LogP contribution in [0.5, 0.6) is 0 Å². The van der Waals surface area contributed by atoms with Crippen molar-refractivity contribution >= 4 is 38.7 Å². The number of para-hydroxylation sites is 1. The van der Waals surface area contributed by atoms with E-state index >= 15 is 0 Å². The first-order valence-corrected chi connectivity index (χ1v) is 11.4. The number of carboxylic acids is 1. The molecule has 1 N–H and O–H groups in total. The highest BCUT2D eigenvalue weighted by molar-refractivity contribution is 7.99. The Kier molecular flexibility index (Phi) is 5.14. The Hall–Kier alpha value is -2.36. The Morgan fingerprint density at radius 2 is 1.93 bits per heavy atom. The summed E-state index contributed by atoms with van der Waals surface area (Å²) in [5.74, 6) is -0.914. The number of carboxylic acid groups (broad SMARTS) is 1. The number of carbonyl (C=O) groups is 1. The van der Waals surface area contributed by atoms with Gasteiger partial charge in [0, 0.05) is 29.7 Å². The Morgan fingerprint density at radius 1 is 1.24 bits per heavy atom. The number of rotatable bonds is 5. The van der Waals surface area contributed by atoms with E-state index in [1.54, 1.807) is 4.57 Å². The van der Waals surface area contributed by atoms with Gasteiger partial charge in [-0.25, -0.2) is 12.8 Å². The molecule has 152 valence electrons. The van der Waals surface area contributed by atoms with Gasteiger partial charge in [0.25, 0.3) is 0 Å². The minimum atomic E-state index is -3.77. The van der Waals surface area contributed by atoms with Crippen LogP contribution in [0.3, 0.4) is 0 Å². The van der Waals surface area contributed by atoms with E-state index in [1.165, 1.54) is 35.2 Å². The lowest BCUT2D eigenvalue weighted by Gasteiger charge is -2.30. The van der Waals surface area contributed by atoms with Crippen molar-refractivity contribution in [1.29, 1.82) is 0 Å². The van der Waals surface area contributed by atoms with Crippen molar-refractivity contribution in [2.75, 3.05) is 12.8 Å². The first kappa shape index (κ1) is 19.9. The maximum Gasteiger partial charge on any atom is 0.323 e. The van der Waals surface area contributed by atoms with Gasteiger partial charge in [0.1, 0.15) is 12.4 Å². The quantitative estimate of drug-likeness (QED) is 0.667. The predicted molar refractivity (Wildman–Crippen MR) is 109 cm³/mol. The summed E-state index contributed by atoms with van der Waals surface area (Å²) in [4.78, 5) is 11.4. The van der Waals surface area contributed by atoms with Gasteiger partial charge >= 0.3 is 5.97 Å². The third-order valence-corrected chi connectivity index (χ3v) is 8.39. The van der Waals surface area contributed by atoms with Crippen LogP contribution in [-0.2, 0) is 27.8 Å². The molecule has 0 aliphatic carbocycles. The van der Waals surface area contributed by atoms with Crippen molar-refractivity contribution in [2.45, 2.75) is 28.9 Å². The standard InChI is InChI=1S/C20H19FN2O4S2/c1-22(29(26,27)15-8-6-13(21)7-9-15)14-10-17-16-4-2-3-5-18(16)23(11-19(24)25)20(17)28-12-14/h2-9,14H,10-12H2,1H3,(H,24,25). The minimum absolute atomic E-state index is 0.0468. The number of thioether (sulfide) groups is 1. The molecule has 29 heavy (non-hydrogen) atoms. The van der Waals surface area contributed by atoms with Crippen LogP contribution >= 0.6 is 11.8 Å². The molecular weight excluding hydrogens is 415 g/mol. The fourth-order valence-electron chi connectivity index (χ4n) is 3.68. The molecule has 4 rings (SSSR count). The number of fused-ring (bicyclic) bond motifs is 3. The van der Waals surface area contributed by atoms with E-state index < -0.39 is 21.8 Å². The van der Waals surface area contributed by atoms with Gasteiger partial charge in [-0.3, -0.25) is 4.79 Å². The van der Waals surface area contributed by atoms with E-state index in [2.05, 4.69) is 0 Å². The number of sulfonamides is 1. The molecule has 1 aliphatic heterocycles. The van der Waals surface area contributed by atoms with E-state index in [1.807, 2.05) is 24.3 Å². The van der Waals surface area contributed by atoms with Gasteiger partial charge in [-0.2, -0.15) is 4.31 Å². The van der Waals surface area contributed by atoms with Crippen molar-refractivity contribution in [3.05, 3.63) is 59.9 Å². The summed E-state index contributed by atoms with van der Waals surface area (Å²) in [6, 6.07) is 12.1. The highest BCUT2D eigenvalue weighted by Gasteiger charge is 2.34. The van der Waals surface area contributed by atoms with Gasteiger partial charge < -0.3 is 9.67 Å². The lowest BCUT2D eigenvalue weighted by atomic mass is 10.1. The van der Waals surface area contributed by atoms with Crippen LogP contribution in [0.2, 0.25) is 0 Å². The van der Waals surface area contributed by atoms with Crippen molar-refractivity contribution in [2.24, 2.45) is 0 Å². The molecule has 0 amide bonds. The number of likely N-dealkylation sites (N-methyl/N-ethyl adjacent to an activating group) is 1. The number of halogens is 1. The van der Waals surface area contributed by atoms with Crippen LogP contribution in [-0.4, -0.2) is 47.2 Å². The van der Waals surface area contributed by atoms with Gasteiger partial charge in [0.05, 0.1) is 9.92 Å². The predicted octanol–water partition coefficient (Wildman–Crippen LogP) is 3.20. The Bertz CT molecular complexity index is 1190. The molecule has 1 atom stereocenters. The molecule has 1 aromatic heterocycles. The largest absolute Gasteiger partial charge is 0.480 e. The molecule has 0 spiro atoms. The van der Waals surface area contributed by atoms with Crippen molar-refractivity contribution in [1.82, 2.24) is 8.87 Å². The number of hydrogen-bond acceptors (Lipinski definition) is 4. The molecular formula is C20H19FN2O4S2. The molecule has 2 heterocycles. The molecule has 0 radical (unpaired) electrons. The maximum absolute atomic E-state index is 13.2. The third-order valence-electron chi connectivity index (χ3n) is 5.17. The minimum Gasteiger partial charge on any atom is -0.480 e. The monoisotopic (exact) mass is 434 g/mol. The lowest BCUT2D eigenvalue weighted by molar-refractivity contribution is -0.137. The fourth-order valence-corrected chi connectivity index (χ4v) is 6.50. The zero-order chi connectivity index (χ0) is 20.8. The summed E-state index contributed by atoms with van der Waals surface area (Å²) >= 11 is 1.47. The number of benzene rings is 2. The molecule has 0 bridgehead atoms. The highest BCUT2D eigenvalue weighted by Crippen LogP contribution is 2.39.